The number of nitrogens with zero attached hydrogens (tertiary/aromatic N) is 1. The van der Waals surface area contributed by atoms with E-state index in [0.717, 1.165) is 43.1 Å². The van der Waals surface area contributed by atoms with Gasteiger partial charge in [-0.1, -0.05) is 19.1 Å². The average molecular weight is 392 g/mol. The molecule has 0 aliphatic carbocycles. The number of rotatable bonds is 9. The molecule has 1 aromatic carbocycles. The van der Waals surface area contributed by atoms with Crippen LogP contribution >= 0.6 is 0 Å². The first kappa shape index (κ1) is 22.5. The van der Waals surface area contributed by atoms with E-state index in [1.165, 1.54) is 5.56 Å². The zero-order chi connectivity index (χ0) is 20.4. The van der Waals surface area contributed by atoms with E-state index in [1.807, 2.05) is 0 Å². The summed E-state index contributed by atoms with van der Waals surface area (Å²) >= 11 is 0. The minimum Gasteiger partial charge on any atom is -0.490 e. The molecule has 6 heteroatoms. The van der Waals surface area contributed by atoms with Gasteiger partial charge in [0.15, 0.2) is 5.96 Å². The molecule has 1 aliphatic rings. The zero-order valence-corrected chi connectivity index (χ0v) is 17.9. The molecule has 6 nitrogen and oxygen atoms in total. The standard InChI is InChI=1S/C22H37N3O3/c1-5-18(4)28-20-13-17(3)7-8-19(20)14-24-21(23-6-2)25-15-22(16-26)9-11-27-12-10-22/h7-8,13,18,26H,5-6,9-12,14-16H2,1-4H3,(H2,23,24,25). The van der Waals surface area contributed by atoms with Crippen molar-refractivity contribution in [2.45, 2.75) is 59.6 Å². The number of hydrogen-bond donors (Lipinski definition) is 3. The second-order valence-corrected chi connectivity index (χ2v) is 7.77. The van der Waals surface area contributed by atoms with E-state index in [1.54, 1.807) is 0 Å². The maximum atomic E-state index is 9.89. The summed E-state index contributed by atoms with van der Waals surface area (Å²) in [5.74, 6) is 1.67. The minimum absolute atomic E-state index is 0.136. The molecule has 1 aliphatic heterocycles. The van der Waals surface area contributed by atoms with Crippen LogP contribution in [0.5, 0.6) is 5.75 Å². The maximum absolute atomic E-state index is 9.89. The summed E-state index contributed by atoms with van der Waals surface area (Å²) in [6.45, 7) is 11.9. The van der Waals surface area contributed by atoms with E-state index in [2.05, 4.69) is 56.5 Å². The number of benzene rings is 1. The largest absolute Gasteiger partial charge is 0.490 e. The lowest BCUT2D eigenvalue weighted by Crippen LogP contribution is -2.47. The van der Waals surface area contributed by atoms with Crippen molar-refractivity contribution in [1.29, 1.82) is 0 Å². The molecular formula is C22H37N3O3. The normalized spacial score (nSPS) is 17.8. The van der Waals surface area contributed by atoms with Crippen LogP contribution in [0.3, 0.4) is 0 Å². The number of guanidine groups is 1. The molecule has 0 spiro atoms. The molecular weight excluding hydrogens is 354 g/mol. The van der Waals surface area contributed by atoms with Crippen molar-refractivity contribution in [3.8, 4) is 5.75 Å². The lowest BCUT2D eigenvalue weighted by molar-refractivity contribution is -0.0131. The Morgan fingerprint density at radius 1 is 1.29 bits per heavy atom. The third-order valence-corrected chi connectivity index (χ3v) is 5.40. The Morgan fingerprint density at radius 3 is 2.68 bits per heavy atom. The van der Waals surface area contributed by atoms with E-state index in [-0.39, 0.29) is 18.1 Å². The van der Waals surface area contributed by atoms with Gasteiger partial charge in [0.1, 0.15) is 5.75 Å². The van der Waals surface area contributed by atoms with Crippen molar-refractivity contribution in [3.05, 3.63) is 29.3 Å². The van der Waals surface area contributed by atoms with E-state index < -0.39 is 0 Å². The highest BCUT2D eigenvalue weighted by atomic mass is 16.5. The number of nitrogens with one attached hydrogen (secondary N) is 2. The maximum Gasteiger partial charge on any atom is 0.191 e. The molecule has 0 aromatic heterocycles. The Kier molecular flexibility index (Phi) is 9.06. The van der Waals surface area contributed by atoms with Gasteiger partial charge in [-0.3, -0.25) is 0 Å². The van der Waals surface area contributed by atoms with Gasteiger partial charge in [0.25, 0.3) is 0 Å². The Hall–Kier alpha value is -1.79. The molecule has 0 bridgehead atoms. The Bertz CT molecular complexity index is 627. The van der Waals surface area contributed by atoms with Crippen LogP contribution < -0.4 is 15.4 Å². The van der Waals surface area contributed by atoms with Crippen LogP contribution in [0, 0.1) is 12.3 Å². The summed E-state index contributed by atoms with van der Waals surface area (Å²) in [4.78, 5) is 4.76. The zero-order valence-electron chi connectivity index (χ0n) is 17.9. The fourth-order valence-corrected chi connectivity index (χ4v) is 3.17. The van der Waals surface area contributed by atoms with Crippen LogP contribution in [0.15, 0.2) is 23.2 Å². The highest BCUT2D eigenvalue weighted by molar-refractivity contribution is 5.79. The first-order chi connectivity index (χ1) is 13.5. The molecule has 1 atom stereocenters. The monoisotopic (exact) mass is 391 g/mol. The van der Waals surface area contributed by atoms with E-state index in [4.69, 9.17) is 14.5 Å². The van der Waals surface area contributed by atoms with Gasteiger partial charge in [0.2, 0.25) is 0 Å². The van der Waals surface area contributed by atoms with Gasteiger partial charge < -0.3 is 25.2 Å². The molecule has 1 aromatic rings. The highest BCUT2D eigenvalue weighted by Crippen LogP contribution is 2.29. The summed E-state index contributed by atoms with van der Waals surface area (Å²) in [5, 5.41) is 16.6. The molecule has 158 valence electrons. The van der Waals surface area contributed by atoms with E-state index >= 15 is 0 Å². The average Bonchev–Trinajstić information content (AvgIpc) is 2.71. The van der Waals surface area contributed by atoms with Crippen LogP contribution in [0.4, 0.5) is 0 Å². The summed E-state index contributed by atoms with van der Waals surface area (Å²) in [6.07, 6.45) is 2.86. The fraction of sp³-hybridized carbons (Fsp3) is 0.682. The molecule has 1 heterocycles. The second-order valence-electron chi connectivity index (χ2n) is 7.77. The topological polar surface area (TPSA) is 75.1 Å². The van der Waals surface area contributed by atoms with Crippen molar-refractivity contribution >= 4 is 5.96 Å². The van der Waals surface area contributed by atoms with Gasteiger partial charge in [-0.2, -0.15) is 0 Å². The number of aliphatic hydroxyl groups is 1. The Morgan fingerprint density at radius 2 is 2.04 bits per heavy atom. The molecule has 0 amide bonds. The summed E-state index contributed by atoms with van der Waals surface area (Å²) < 4.78 is 11.6. The first-order valence-electron chi connectivity index (χ1n) is 10.5. The molecule has 1 fully saturated rings. The lowest BCUT2D eigenvalue weighted by Gasteiger charge is -2.36. The Labute approximate surface area is 169 Å². The fourth-order valence-electron chi connectivity index (χ4n) is 3.17. The molecule has 28 heavy (non-hydrogen) atoms. The number of aliphatic hydroxyl groups excluding tert-OH is 1. The summed E-state index contributed by atoms with van der Waals surface area (Å²) in [5.41, 5.74) is 2.12. The third-order valence-electron chi connectivity index (χ3n) is 5.40. The number of aliphatic imine (C=N–C) groups is 1. The molecule has 3 N–H and O–H groups in total. The second kappa shape index (κ2) is 11.3. The van der Waals surface area contributed by atoms with Gasteiger partial charge in [0.05, 0.1) is 19.3 Å². The first-order valence-corrected chi connectivity index (χ1v) is 10.5. The molecule has 1 unspecified atom stereocenters. The predicted octanol–water partition coefficient (Wildman–Crippen LogP) is 3.02. The quantitative estimate of drug-likeness (QED) is 0.446. The van der Waals surface area contributed by atoms with Gasteiger partial charge in [-0.05, 0) is 51.7 Å². The summed E-state index contributed by atoms with van der Waals surface area (Å²) in [7, 11) is 0. The molecule has 0 saturated carbocycles. The Balaban J connectivity index is 2.07. The van der Waals surface area contributed by atoms with E-state index in [9.17, 15) is 5.11 Å². The van der Waals surface area contributed by atoms with Gasteiger partial charge in [0, 0.05) is 37.3 Å². The number of aryl methyl sites for hydroxylation is 1. The highest BCUT2D eigenvalue weighted by Gasteiger charge is 2.32. The minimum atomic E-state index is -0.136. The smallest absolute Gasteiger partial charge is 0.191 e. The van der Waals surface area contributed by atoms with Crippen molar-refractivity contribution in [1.82, 2.24) is 10.6 Å². The molecule has 1 saturated heterocycles. The van der Waals surface area contributed by atoms with E-state index in [0.29, 0.717) is 26.3 Å². The number of ether oxygens (including phenoxy) is 2. The van der Waals surface area contributed by atoms with Crippen LogP contribution in [0.2, 0.25) is 0 Å². The van der Waals surface area contributed by atoms with Gasteiger partial charge in [-0.25, -0.2) is 4.99 Å². The van der Waals surface area contributed by atoms with Crippen molar-refractivity contribution in [2.75, 3.05) is 32.9 Å². The third kappa shape index (κ3) is 6.67. The van der Waals surface area contributed by atoms with Crippen molar-refractivity contribution in [2.24, 2.45) is 10.4 Å². The van der Waals surface area contributed by atoms with Crippen molar-refractivity contribution in [3.63, 3.8) is 0 Å². The SMILES string of the molecule is CCNC(=NCc1ccc(C)cc1OC(C)CC)NCC1(CO)CCOCC1. The van der Waals surface area contributed by atoms with Crippen LogP contribution in [-0.2, 0) is 11.3 Å². The van der Waals surface area contributed by atoms with Crippen LogP contribution in [0.25, 0.3) is 0 Å². The van der Waals surface area contributed by atoms with Gasteiger partial charge in [-0.15, -0.1) is 0 Å². The molecule has 2 rings (SSSR count). The van der Waals surface area contributed by atoms with Crippen LogP contribution in [0.1, 0.15) is 51.2 Å². The predicted molar refractivity (Wildman–Crippen MR) is 114 cm³/mol. The lowest BCUT2D eigenvalue weighted by atomic mass is 9.81. The van der Waals surface area contributed by atoms with Crippen LogP contribution in [-0.4, -0.2) is 50.1 Å². The van der Waals surface area contributed by atoms with Crippen molar-refractivity contribution < 1.29 is 14.6 Å². The summed E-state index contributed by atoms with van der Waals surface area (Å²) in [6, 6.07) is 6.27. The molecule has 0 radical (unpaired) electrons. The van der Waals surface area contributed by atoms with Gasteiger partial charge >= 0.3 is 0 Å². The number of hydrogen-bond acceptors (Lipinski definition) is 4.